The van der Waals surface area contributed by atoms with Crippen LogP contribution in [-0.2, 0) is 4.74 Å². The minimum Gasteiger partial charge on any atom is -0.458 e. The van der Waals surface area contributed by atoms with E-state index in [2.05, 4.69) is 25.8 Å². The number of aromatic nitrogens is 1. The summed E-state index contributed by atoms with van der Waals surface area (Å²) in [5, 5.41) is 0. The molecule has 3 rings (SSSR count). The van der Waals surface area contributed by atoms with Gasteiger partial charge >= 0.3 is 11.9 Å². The summed E-state index contributed by atoms with van der Waals surface area (Å²) in [5.41, 5.74) is 0.883. The maximum atomic E-state index is 12.6. The molecule has 3 unspecified atom stereocenters. The van der Waals surface area contributed by atoms with Gasteiger partial charge in [0, 0.05) is 12.4 Å². The van der Waals surface area contributed by atoms with Crippen LogP contribution in [-0.4, -0.2) is 23.0 Å². The summed E-state index contributed by atoms with van der Waals surface area (Å²) in [7, 11) is 0. The number of carbonyl (C=O) groups is 2. The van der Waals surface area contributed by atoms with Gasteiger partial charge < -0.3 is 9.47 Å². The molecule has 1 aliphatic carbocycles. The Bertz CT molecular complexity index is 801. The van der Waals surface area contributed by atoms with Crippen molar-refractivity contribution in [2.45, 2.75) is 46.1 Å². The molecule has 0 aliphatic heterocycles. The fraction of sp³-hybridized carbons (Fsp3) is 0.435. The van der Waals surface area contributed by atoms with E-state index in [1.165, 1.54) is 18.8 Å². The van der Waals surface area contributed by atoms with Crippen molar-refractivity contribution in [3.8, 4) is 5.75 Å². The van der Waals surface area contributed by atoms with E-state index in [1.54, 1.807) is 36.4 Å². The second-order valence-electron chi connectivity index (χ2n) is 7.92. The number of nitrogens with zero attached hydrogens (tertiary/aromatic N) is 1. The molecule has 0 amide bonds. The Labute approximate surface area is 166 Å². The summed E-state index contributed by atoms with van der Waals surface area (Å²) >= 11 is 0. The van der Waals surface area contributed by atoms with Crippen LogP contribution >= 0.6 is 0 Å². The van der Waals surface area contributed by atoms with Crippen LogP contribution in [0.1, 0.15) is 60.7 Å². The summed E-state index contributed by atoms with van der Waals surface area (Å²) < 4.78 is 11.2. The minimum atomic E-state index is -0.464. The third kappa shape index (κ3) is 4.97. The molecule has 5 nitrogen and oxygen atoms in total. The Morgan fingerprint density at radius 3 is 2.25 bits per heavy atom. The lowest BCUT2D eigenvalue weighted by atomic mass is 9.75. The first-order valence-corrected chi connectivity index (χ1v) is 9.87. The molecular weight excluding hydrogens is 354 g/mol. The van der Waals surface area contributed by atoms with Gasteiger partial charge in [0.05, 0.1) is 11.1 Å². The van der Waals surface area contributed by atoms with Crippen LogP contribution in [0.2, 0.25) is 0 Å². The molecule has 1 heterocycles. The zero-order chi connectivity index (χ0) is 20.1. The number of hydrogen-bond donors (Lipinski definition) is 0. The summed E-state index contributed by atoms with van der Waals surface area (Å²) in [4.78, 5) is 28.6. The molecule has 0 spiro atoms. The fourth-order valence-corrected chi connectivity index (χ4v) is 3.77. The fourth-order valence-electron chi connectivity index (χ4n) is 3.77. The second kappa shape index (κ2) is 9.00. The number of benzene rings is 1. The largest absolute Gasteiger partial charge is 0.458 e. The molecule has 1 aromatic heterocycles. The topological polar surface area (TPSA) is 65.5 Å². The number of rotatable bonds is 5. The number of esters is 2. The predicted molar refractivity (Wildman–Crippen MR) is 106 cm³/mol. The number of carbonyl (C=O) groups excluding carboxylic acids is 2. The van der Waals surface area contributed by atoms with E-state index >= 15 is 0 Å². The van der Waals surface area contributed by atoms with Crippen molar-refractivity contribution in [1.29, 1.82) is 0 Å². The first-order valence-electron chi connectivity index (χ1n) is 9.87. The van der Waals surface area contributed by atoms with Crippen LogP contribution in [0.3, 0.4) is 0 Å². The Morgan fingerprint density at radius 1 is 0.964 bits per heavy atom. The van der Waals surface area contributed by atoms with Crippen LogP contribution < -0.4 is 4.74 Å². The van der Waals surface area contributed by atoms with Gasteiger partial charge in [0.1, 0.15) is 11.9 Å². The zero-order valence-corrected chi connectivity index (χ0v) is 16.6. The van der Waals surface area contributed by atoms with Crippen molar-refractivity contribution >= 4 is 11.9 Å². The highest BCUT2D eigenvalue weighted by Crippen LogP contribution is 2.35. The van der Waals surface area contributed by atoms with Crippen LogP contribution in [0, 0.1) is 17.8 Å². The highest BCUT2D eigenvalue weighted by Gasteiger charge is 2.33. The summed E-state index contributed by atoms with van der Waals surface area (Å²) in [5.74, 6) is 1.05. The zero-order valence-electron chi connectivity index (χ0n) is 16.6. The molecule has 148 valence electrons. The normalized spacial score (nSPS) is 21.9. The SMILES string of the molecule is CC1CCC(C(C)C)C(OC(=O)c2ccc(OC(=O)c3ccncc3)cc2)C1. The Morgan fingerprint density at radius 2 is 1.61 bits per heavy atom. The number of ether oxygens (including phenoxy) is 2. The van der Waals surface area contributed by atoms with Crippen molar-refractivity contribution < 1.29 is 19.1 Å². The summed E-state index contributed by atoms with van der Waals surface area (Å²) in [6, 6.07) is 9.66. The Kier molecular flexibility index (Phi) is 6.45. The van der Waals surface area contributed by atoms with Crippen molar-refractivity contribution in [3.05, 3.63) is 59.9 Å². The van der Waals surface area contributed by atoms with Crippen LogP contribution in [0.15, 0.2) is 48.8 Å². The van der Waals surface area contributed by atoms with Gasteiger partial charge in [0.25, 0.3) is 0 Å². The van der Waals surface area contributed by atoms with Crippen molar-refractivity contribution in [3.63, 3.8) is 0 Å². The number of pyridine rings is 1. The molecule has 0 bridgehead atoms. The smallest absolute Gasteiger partial charge is 0.343 e. The molecule has 0 N–H and O–H groups in total. The van der Waals surface area contributed by atoms with E-state index in [0.29, 0.717) is 34.6 Å². The molecule has 2 aromatic rings. The van der Waals surface area contributed by atoms with E-state index < -0.39 is 5.97 Å². The maximum Gasteiger partial charge on any atom is 0.343 e. The summed E-state index contributed by atoms with van der Waals surface area (Å²) in [6.45, 7) is 6.59. The lowest BCUT2D eigenvalue weighted by molar-refractivity contribution is -0.0174. The van der Waals surface area contributed by atoms with Gasteiger partial charge in [-0.2, -0.15) is 0 Å². The van der Waals surface area contributed by atoms with Gasteiger partial charge in [0.15, 0.2) is 0 Å². The third-order valence-electron chi connectivity index (χ3n) is 5.44. The Hall–Kier alpha value is -2.69. The van der Waals surface area contributed by atoms with Gasteiger partial charge in [-0.1, -0.05) is 27.2 Å². The lowest BCUT2D eigenvalue weighted by Crippen LogP contribution is -2.35. The highest BCUT2D eigenvalue weighted by molar-refractivity contribution is 5.91. The molecule has 1 aliphatic rings. The molecule has 0 saturated heterocycles. The van der Waals surface area contributed by atoms with Crippen LogP contribution in [0.5, 0.6) is 5.75 Å². The van der Waals surface area contributed by atoms with E-state index in [0.717, 1.165) is 12.8 Å². The van der Waals surface area contributed by atoms with Gasteiger partial charge in [-0.05, 0) is 67.0 Å². The molecular formula is C23H27NO4. The van der Waals surface area contributed by atoms with Gasteiger partial charge in [0.2, 0.25) is 0 Å². The average Bonchev–Trinajstić information content (AvgIpc) is 2.69. The first-order chi connectivity index (χ1) is 13.4. The van der Waals surface area contributed by atoms with Crippen molar-refractivity contribution in [2.24, 2.45) is 17.8 Å². The van der Waals surface area contributed by atoms with Gasteiger partial charge in [-0.15, -0.1) is 0 Å². The van der Waals surface area contributed by atoms with Crippen LogP contribution in [0.4, 0.5) is 0 Å². The van der Waals surface area contributed by atoms with Gasteiger partial charge in [-0.3, -0.25) is 4.98 Å². The van der Waals surface area contributed by atoms with Crippen LogP contribution in [0.25, 0.3) is 0 Å². The van der Waals surface area contributed by atoms with E-state index in [9.17, 15) is 9.59 Å². The van der Waals surface area contributed by atoms with Gasteiger partial charge in [-0.25, -0.2) is 9.59 Å². The van der Waals surface area contributed by atoms with E-state index in [4.69, 9.17) is 9.47 Å². The van der Waals surface area contributed by atoms with E-state index in [1.807, 2.05) is 0 Å². The maximum absolute atomic E-state index is 12.6. The summed E-state index contributed by atoms with van der Waals surface area (Å²) in [6.07, 6.45) is 6.23. The second-order valence-corrected chi connectivity index (χ2v) is 7.92. The molecule has 28 heavy (non-hydrogen) atoms. The Balaban J connectivity index is 1.62. The third-order valence-corrected chi connectivity index (χ3v) is 5.44. The first kappa shape index (κ1) is 20.1. The molecule has 1 aromatic carbocycles. The molecule has 5 heteroatoms. The monoisotopic (exact) mass is 381 g/mol. The minimum absolute atomic E-state index is 0.0413. The number of hydrogen-bond acceptors (Lipinski definition) is 5. The molecule has 1 fully saturated rings. The molecule has 0 radical (unpaired) electrons. The van der Waals surface area contributed by atoms with Crippen molar-refractivity contribution in [2.75, 3.05) is 0 Å². The highest BCUT2D eigenvalue weighted by atomic mass is 16.5. The predicted octanol–water partition coefficient (Wildman–Crippen LogP) is 4.92. The van der Waals surface area contributed by atoms with E-state index in [-0.39, 0.29) is 12.1 Å². The standard InChI is InChI=1S/C23H27NO4/c1-15(2)20-9-4-16(3)14-21(20)28-23(26)17-5-7-19(8-6-17)27-22(25)18-10-12-24-13-11-18/h5-8,10-13,15-16,20-21H,4,9,14H2,1-3H3. The van der Waals surface area contributed by atoms with Crippen molar-refractivity contribution in [1.82, 2.24) is 4.98 Å². The molecule has 1 saturated carbocycles. The quantitative estimate of drug-likeness (QED) is 0.543. The molecule has 3 atom stereocenters. The average molecular weight is 381 g/mol. The lowest BCUT2D eigenvalue weighted by Gasteiger charge is -2.36.